The van der Waals surface area contributed by atoms with Crippen molar-refractivity contribution in [3.05, 3.63) is 64.7 Å². The number of ether oxygens (including phenoxy) is 1. The second-order valence-corrected chi connectivity index (χ2v) is 10.3. The number of amides is 1. The van der Waals surface area contributed by atoms with E-state index in [9.17, 15) is 13.2 Å². The molecule has 2 aliphatic heterocycles. The molecule has 4 rings (SSSR count). The van der Waals surface area contributed by atoms with Gasteiger partial charge in [-0.3, -0.25) is 9.69 Å². The molecule has 0 aliphatic carbocycles. The summed E-state index contributed by atoms with van der Waals surface area (Å²) in [6.45, 7) is 4.41. The van der Waals surface area contributed by atoms with E-state index in [2.05, 4.69) is 21.8 Å². The Bertz CT molecular complexity index is 1030. The monoisotopic (exact) mass is 477 g/mol. The van der Waals surface area contributed by atoms with Crippen molar-refractivity contribution in [1.29, 1.82) is 0 Å². The van der Waals surface area contributed by atoms with Gasteiger partial charge in [-0.05, 0) is 36.6 Å². The molecular formula is C23H28ClN3O4S. The van der Waals surface area contributed by atoms with Crippen molar-refractivity contribution in [2.45, 2.75) is 30.4 Å². The molecule has 2 aliphatic rings. The summed E-state index contributed by atoms with van der Waals surface area (Å²) >= 11 is 6.18. The second kappa shape index (κ2) is 10.3. The Morgan fingerprint density at radius 3 is 2.53 bits per heavy atom. The van der Waals surface area contributed by atoms with Crippen LogP contribution in [0.15, 0.2) is 53.4 Å². The molecule has 172 valence electrons. The molecule has 2 aromatic carbocycles. The van der Waals surface area contributed by atoms with Crippen LogP contribution in [0.4, 0.5) is 0 Å². The Morgan fingerprint density at radius 2 is 1.84 bits per heavy atom. The molecular weight excluding hydrogens is 450 g/mol. The molecule has 2 fully saturated rings. The highest BCUT2D eigenvalue weighted by Crippen LogP contribution is 2.24. The van der Waals surface area contributed by atoms with Gasteiger partial charge in [0.25, 0.3) is 5.91 Å². The van der Waals surface area contributed by atoms with Crippen molar-refractivity contribution in [3.8, 4) is 0 Å². The third kappa shape index (κ3) is 5.68. The predicted molar refractivity (Wildman–Crippen MR) is 123 cm³/mol. The summed E-state index contributed by atoms with van der Waals surface area (Å²) in [6.07, 6.45) is 1.63. The van der Waals surface area contributed by atoms with Crippen molar-refractivity contribution < 1.29 is 17.9 Å². The van der Waals surface area contributed by atoms with Crippen LogP contribution in [0.5, 0.6) is 0 Å². The Labute approximate surface area is 194 Å². The summed E-state index contributed by atoms with van der Waals surface area (Å²) in [7, 11) is -3.85. The van der Waals surface area contributed by atoms with Crippen LogP contribution < -0.4 is 4.72 Å². The van der Waals surface area contributed by atoms with Gasteiger partial charge in [-0.15, -0.1) is 0 Å². The number of halogens is 1. The van der Waals surface area contributed by atoms with Crippen LogP contribution >= 0.6 is 11.6 Å². The van der Waals surface area contributed by atoms with Crippen molar-refractivity contribution in [2.24, 2.45) is 0 Å². The van der Waals surface area contributed by atoms with Crippen LogP contribution in [0.1, 0.15) is 28.8 Å². The van der Waals surface area contributed by atoms with Crippen molar-refractivity contribution >= 4 is 27.5 Å². The number of carbonyl (C=O) groups excluding carboxylic acids is 1. The summed E-state index contributed by atoms with van der Waals surface area (Å²) in [5.74, 6) is -0.184. The van der Waals surface area contributed by atoms with E-state index in [1.807, 2.05) is 18.2 Å². The Morgan fingerprint density at radius 1 is 1.09 bits per heavy atom. The maximum absolute atomic E-state index is 13.1. The highest BCUT2D eigenvalue weighted by Gasteiger charge is 2.26. The number of carbonyl (C=O) groups is 1. The fourth-order valence-corrected chi connectivity index (χ4v) is 5.65. The number of nitrogens with one attached hydrogen (secondary N) is 1. The van der Waals surface area contributed by atoms with Crippen LogP contribution in [0.2, 0.25) is 5.02 Å². The summed E-state index contributed by atoms with van der Waals surface area (Å²) in [5, 5.41) is 0.0917. The number of piperazine rings is 1. The van der Waals surface area contributed by atoms with Gasteiger partial charge in [0.2, 0.25) is 10.0 Å². The molecule has 2 aromatic rings. The van der Waals surface area contributed by atoms with Crippen LogP contribution in [0, 0.1) is 0 Å². The topological polar surface area (TPSA) is 78.9 Å². The number of nitrogens with zero attached hydrogens (tertiary/aromatic N) is 2. The number of rotatable bonds is 7. The van der Waals surface area contributed by atoms with Gasteiger partial charge in [0.05, 0.1) is 11.1 Å². The van der Waals surface area contributed by atoms with E-state index < -0.39 is 10.0 Å². The van der Waals surface area contributed by atoms with Gasteiger partial charge in [0, 0.05) is 51.4 Å². The lowest BCUT2D eigenvalue weighted by Crippen LogP contribution is -2.48. The van der Waals surface area contributed by atoms with Crippen LogP contribution in [-0.4, -0.2) is 69.6 Å². The van der Waals surface area contributed by atoms with Gasteiger partial charge in [0.15, 0.2) is 0 Å². The molecule has 1 unspecified atom stereocenters. The minimum Gasteiger partial charge on any atom is -0.377 e. The average Bonchev–Trinajstić information content (AvgIpc) is 3.33. The number of hydrogen-bond acceptors (Lipinski definition) is 5. The molecule has 32 heavy (non-hydrogen) atoms. The van der Waals surface area contributed by atoms with Gasteiger partial charge in [-0.1, -0.05) is 41.9 Å². The molecule has 0 spiro atoms. The smallest absolute Gasteiger partial charge is 0.253 e. The van der Waals surface area contributed by atoms with Crippen molar-refractivity contribution in [1.82, 2.24) is 14.5 Å². The molecule has 2 saturated heterocycles. The minimum atomic E-state index is -3.85. The first-order valence-corrected chi connectivity index (χ1v) is 12.7. The zero-order valence-electron chi connectivity index (χ0n) is 17.9. The van der Waals surface area contributed by atoms with Crippen LogP contribution in [-0.2, 0) is 21.3 Å². The van der Waals surface area contributed by atoms with E-state index in [0.29, 0.717) is 25.3 Å². The van der Waals surface area contributed by atoms with Gasteiger partial charge in [-0.2, -0.15) is 0 Å². The Kier molecular flexibility index (Phi) is 7.48. The van der Waals surface area contributed by atoms with E-state index in [1.165, 1.54) is 17.7 Å². The predicted octanol–water partition coefficient (Wildman–Crippen LogP) is 2.76. The lowest BCUT2D eigenvalue weighted by Gasteiger charge is -2.34. The largest absolute Gasteiger partial charge is 0.377 e. The summed E-state index contributed by atoms with van der Waals surface area (Å²) in [5.41, 5.74) is 1.57. The average molecular weight is 478 g/mol. The highest BCUT2D eigenvalue weighted by atomic mass is 35.5. The number of benzene rings is 2. The molecule has 2 heterocycles. The highest BCUT2D eigenvalue weighted by molar-refractivity contribution is 7.89. The van der Waals surface area contributed by atoms with Crippen LogP contribution in [0.3, 0.4) is 0 Å². The lowest BCUT2D eigenvalue weighted by molar-refractivity contribution is 0.0628. The summed E-state index contributed by atoms with van der Waals surface area (Å²) in [4.78, 5) is 17.0. The molecule has 0 radical (unpaired) electrons. The molecule has 9 heteroatoms. The van der Waals surface area contributed by atoms with E-state index in [0.717, 1.165) is 32.5 Å². The quantitative estimate of drug-likeness (QED) is 0.663. The van der Waals surface area contributed by atoms with E-state index in [-0.39, 0.29) is 28.5 Å². The number of sulfonamides is 1. The fraction of sp³-hybridized carbons (Fsp3) is 0.435. The second-order valence-electron chi connectivity index (χ2n) is 8.19. The number of hydrogen-bond donors (Lipinski definition) is 1. The lowest BCUT2D eigenvalue weighted by atomic mass is 10.1. The Hall–Kier alpha value is -1.97. The molecule has 7 nitrogen and oxygen atoms in total. The van der Waals surface area contributed by atoms with Gasteiger partial charge < -0.3 is 9.64 Å². The zero-order valence-corrected chi connectivity index (χ0v) is 19.4. The van der Waals surface area contributed by atoms with Gasteiger partial charge >= 0.3 is 0 Å². The normalized spacial score (nSPS) is 19.9. The first kappa shape index (κ1) is 23.2. The van der Waals surface area contributed by atoms with Crippen LogP contribution in [0.25, 0.3) is 0 Å². The third-order valence-corrected chi connectivity index (χ3v) is 7.81. The third-order valence-electron chi connectivity index (χ3n) is 5.90. The summed E-state index contributed by atoms with van der Waals surface area (Å²) < 4.78 is 33.6. The van der Waals surface area contributed by atoms with E-state index >= 15 is 0 Å². The van der Waals surface area contributed by atoms with Crippen molar-refractivity contribution in [3.63, 3.8) is 0 Å². The maximum atomic E-state index is 13.1. The molecule has 1 atom stereocenters. The molecule has 0 saturated carbocycles. The zero-order chi connectivity index (χ0) is 22.6. The first-order valence-electron chi connectivity index (χ1n) is 10.9. The molecule has 0 bridgehead atoms. The molecule has 1 N–H and O–H groups in total. The minimum absolute atomic E-state index is 0.0780. The van der Waals surface area contributed by atoms with Gasteiger partial charge in [0.1, 0.15) is 4.90 Å². The van der Waals surface area contributed by atoms with Crippen molar-refractivity contribution in [2.75, 3.05) is 39.3 Å². The van der Waals surface area contributed by atoms with E-state index in [1.54, 1.807) is 11.0 Å². The SMILES string of the molecule is O=C(c1ccc(Cl)c(S(=O)(=O)NCC2CCCO2)c1)N1CCN(Cc2ccccc2)CC1. The fourth-order valence-electron chi connectivity index (χ4n) is 4.06. The molecule has 1 amide bonds. The maximum Gasteiger partial charge on any atom is 0.253 e. The van der Waals surface area contributed by atoms with E-state index in [4.69, 9.17) is 16.3 Å². The molecule has 0 aromatic heterocycles. The standard InChI is InChI=1S/C23H28ClN3O4S/c24-21-9-8-19(15-22(21)32(29,30)25-16-20-7-4-14-31-20)23(28)27-12-10-26(11-13-27)17-18-5-2-1-3-6-18/h1-3,5-6,8-9,15,20,25H,4,7,10-14,16-17H2. The van der Waals surface area contributed by atoms with Gasteiger partial charge in [-0.25, -0.2) is 13.1 Å². The Balaban J connectivity index is 1.38. The first-order chi connectivity index (χ1) is 15.4. The summed E-state index contributed by atoms with van der Waals surface area (Å²) in [6, 6.07) is 14.7.